The van der Waals surface area contributed by atoms with Crippen molar-refractivity contribution in [2.45, 2.75) is 30.4 Å². The first-order valence-corrected chi connectivity index (χ1v) is 10.0. The van der Waals surface area contributed by atoms with Gasteiger partial charge in [0.25, 0.3) is 5.91 Å². The molecule has 3 aromatic rings. The minimum Gasteiger partial charge on any atom is -0.307 e. The molecule has 4 rings (SSSR count). The van der Waals surface area contributed by atoms with E-state index in [4.69, 9.17) is 11.6 Å². The number of carbonyl (C=O) groups excluding carboxylic acids is 1. The van der Waals surface area contributed by atoms with Gasteiger partial charge in [0.15, 0.2) is 0 Å². The number of carbonyl (C=O) groups is 1. The zero-order chi connectivity index (χ0) is 19.0. The zero-order valence-corrected chi connectivity index (χ0v) is 16.7. The predicted molar refractivity (Wildman–Crippen MR) is 109 cm³/mol. The average molecular weight is 399 g/mol. The molecule has 138 valence electrons. The number of nitrogens with zero attached hydrogens (tertiary/aromatic N) is 4. The largest absolute Gasteiger partial charge is 0.307 e. The summed E-state index contributed by atoms with van der Waals surface area (Å²) in [6.45, 7) is 4.75. The van der Waals surface area contributed by atoms with Crippen LogP contribution in [0.15, 0.2) is 53.8 Å². The quantitative estimate of drug-likeness (QED) is 0.624. The molecule has 1 atom stereocenters. The number of halogens is 1. The minimum absolute atomic E-state index is 0.0500. The molecule has 0 N–H and O–H groups in total. The van der Waals surface area contributed by atoms with E-state index >= 15 is 0 Å². The van der Waals surface area contributed by atoms with Crippen LogP contribution in [0.25, 0.3) is 5.69 Å². The first-order chi connectivity index (χ1) is 13.0. The highest BCUT2D eigenvalue weighted by Gasteiger charge is 2.27. The van der Waals surface area contributed by atoms with Gasteiger partial charge in [0, 0.05) is 34.1 Å². The monoisotopic (exact) mass is 398 g/mol. The summed E-state index contributed by atoms with van der Waals surface area (Å²) in [6.07, 6.45) is 5.98. The van der Waals surface area contributed by atoms with Crippen LogP contribution in [0.4, 0.5) is 5.69 Å². The molecule has 0 radical (unpaired) electrons. The summed E-state index contributed by atoms with van der Waals surface area (Å²) in [5.74, 6) is -0.0500. The van der Waals surface area contributed by atoms with Gasteiger partial charge >= 0.3 is 0 Å². The van der Waals surface area contributed by atoms with E-state index in [0.29, 0.717) is 22.4 Å². The average Bonchev–Trinajstić information content (AvgIpc) is 2.97. The van der Waals surface area contributed by atoms with Crippen molar-refractivity contribution < 1.29 is 4.79 Å². The molecule has 5 nitrogen and oxygen atoms in total. The summed E-state index contributed by atoms with van der Waals surface area (Å²) in [5, 5.41) is 5.49. The Morgan fingerprint density at radius 1 is 1.26 bits per heavy atom. The lowest BCUT2D eigenvalue weighted by atomic mass is 10.2. The molecule has 0 spiro atoms. The first-order valence-electron chi connectivity index (χ1n) is 8.77. The third-order valence-electron chi connectivity index (χ3n) is 4.69. The molecule has 2 aromatic heterocycles. The Morgan fingerprint density at radius 3 is 2.81 bits per heavy atom. The summed E-state index contributed by atoms with van der Waals surface area (Å²) in [6, 6.07) is 9.49. The molecule has 1 aliphatic rings. The van der Waals surface area contributed by atoms with Crippen molar-refractivity contribution in [3.8, 4) is 5.69 Å². The van der Waals surface area contributed by atoms with Gasteiger partial charge in [-0.1, -0.05) is 18.5 Å². The van der Waals surface area contributed by atoms with Crippen LogP contribution in [0.5, 0.6) is 0 Å². The Kier molecular flexibility index (Phi) is 4.93. The number of pyridine rings is 1. The Balaban J connectivity index is 1.74. The van der Waals surface area contributed by atoms with Gasteiger partial charge in [-0.3, -0.25) is 9.78 Å². The summed E-state index contributed by atoms with van der Waals surface area (Å²) in [4.78, 5) is 20.4. The van der Waals surface area contributed by atoms with Crippen molar-refractivity contribution in [3.05, 3.63) is 65.2 Å². The maximum Gasteiger partial charge on any atom is 0.261 e. The van der Waals surface area contributed by atoms with Gasteiger partial charge in [0.05, 0.1) is 28.8 Å². The normalized spacial score (nSPS) is 16.7. The lowest BCUT2D eigenvalue weighted by Crippen LogP contribution is -2.32. The van der Waals surface area contributed by atoms with E-state index in [1.54, 1.807) is 35.0 Å². The minimum atomic E-state index is -0.0500. The lowest BCUT2D eigenvalue weighted by molar-refractivity contribution is 0.0986. The second-order valence-electron chi connectivity index (χ2n) is 6.55. The number of anilines is 1. The molecule has 0 aliphatic carbocycles. The van der Waals surface area contributed by atoms with Gasteiger partial charge in [-0.15, -0.1) is 11.8 Å². The SMILES string of the molecule is Cc1c(C(=O)N2CC[C@@H](C)Sc3ccc(Cl)cc32)cnn1-c1ccncc1. The van der Waals surface area contributed by atoms with Crippen molar-refractivity contribution >= 4 is 35.0 Å². The molecule has 1 aromatic carbocycles. The fourth-order valence-electron chi connectivity index (χ4n) is 3.23. The van der Waals surface area contributed by atoms with Crippen LogP contribution in [0.1, 0.15) is 29.4 Å². The van der Waals surface area contributed by atoms with Crippen LogP contribution < -0.4 is 4.90 Å². The van der Waals surface area contributed by atoms with Crippen LogP contribution in [0.3, 0.4) is 0 Å². The van der Waals surface area contributed by atoms with Crippen LogP contribution >= 0.6 is 23.4 Å². The molecule has 0 saturated heterocycles. The number of hydrogen-bond donors (Lipinski definition) is 0. The number of amides is 1. The highest BCUT2D eigenvalue weighted by molar-refractivity contribution is 8.00. The van der Waals surface area contributed by atoms with Crippen LogP contribution in [0.2, 0.25) is 5.02 Å². The van der Waals surface area contributed by atoms with Gasteiger partial charge in [-0.2, -0.15) is 5.10 Å². The molecule has 1 aliphatic heterocycles. The lowest BCUT2D eigenvalue weighted by Gasteiger charge is -2.22. The van der Waals surface area contributed by atoms with E-state index in [0.717, 1.165) is 28.4 Å². The number of thioether (sulfide) groups is 1. The topological polar surface area (TPSA) is 51.0 Å². The molecule has 0 unspecified atom stereocenters. The van der Waals surface area contributed by atoms with Crippen molar-refractivity contribution in [2.75, 3.05) is 11.4 Å². The summed E-state index contributed by atoms with van der Waals surface area (Å²) < 4.78 is 1.77. The van der Waals surface area contributed by atoms with Gasteiger partial charge in [0.2, 0.25) is 0 Å². The molecule has 0 fully saturated rings. The number of benzene rings is 1. The standard InChI is InChI=1S/C20H19ClN4OS/c1-13-7-10-24(18-11-15(21)3-4-19(18)27-13)20(26)17-12-23-25(14(17)2)16-5-8-22-9-6-16/h3-6,8-9,11-13H,7,10H2,1-2H3/t13-/m1/s1. The second kappa shape index (κ2) is 7.37. The fraction of sp³-hybridized carbons (Fsp3) is 0.250. The number of rotatable bonds is 2. The maximum atomic E-state index is 13.4. The smallest absolute Gasteiger partial charge is 0.261 e. The molecule has 0 saturated carbocycles. The third-order valence-corrected chi connectivity index (χ3v) is 6.16. The van der Waals surface area contributed by atoms with E-state index in [-0.39, 0.29) is 5.91 Å². The van der Waals surface area contributed by atoms with E-state index < -0.39 is 0 Å². The summed E-state index contributed by atoms with van der Waals surface area (Å²) in [5.41, 5.74) is 3.15. The van der Waals surface area contributed by atoms with E-state index in [1.165, 1.54) is 0 Å². The number of hydrogen-bond acceptors (Lipinski definition) is 4. The predicted octanol–water partition coefficient (Wildman–Crippen LogP) is 4.76. The Labute approximate surface area is 167 Å². The third kappa shape index (κ3) is 3.47. The Hall–Kier alpha value is -2.31. The van der Waals surface area contributed by atoms with Crippen molar-refractivity contribution in [2.24, 2.45) is 0 Å². The highest BCUT2D eigenvalue weighted by Crippen LogP contribution is 2.39. The molecule has 1 amide bonds. The van der Waals surface area contributed by atoms with Gasteiger partial charge in [-0.25, -0.2) is 4.68 Å². The number of fused-ring (bicyclic) bond motifs is 1. The molecule has 7 heteroatoms. The van der Waals surface area contributed by atoms with E-state index in [2.05, 4.69) is 17.0 Å². The molecular weight excluding hydrogens is 380 g/mol. The summed E-state index contributed by atoms with van der Waals surface area (Å²) in [7, 11) is 0. The van der Waals surface area contributed by atoms with E-state index in [1.807, 2.05) is 42.2 Å². The first kappa shape index (κ1) is 18.1. The summed E-state index contributed by atoms with van der Waals surface area (Å²) >= 11 is 8.01. The van der Waals surface area contributed by atoms with Crippen LogP contribution in [-0.4, -0.2) is 32.5 Å². The maximum absolute atomic E-state index is 13.4. The van der Waals surface area contributed by atoms with Gasteiger partial charge < -0.3 is 4.90 Å². The molecular formula is C20H19ClN4OS. The Morgan fingerprint density at radius 2 is 2.04 bits per heavy atom. The Bertz CT molecular complexity index is 989. The van der Waals surface area contributed by atoms with Crippen molar-refractivity contribution in [1.29, 1.82) is 0 Å². The van der Waals surface area contributed by atoms with E-state index in [9.17, 15) is 4.79 Å². The second-order valence-corrected chi connectivity index (χ2v) is 8.46. The van der Waals surface area contributed by atoms with Crippen LogP contribution in [0, 0.1) is 6.92 Å². The van der Waals surface area contributed by atoms with Gasteiger partial charge in [-0.05, 0) is 43.7 Å². The fourth-order valence-corrected chi connectivity index (χ4v) is 4.49. The highest BCUT2D eigenvalue weighted by atomic mass is 35.5. The van der Waals surface area contributed by atoms with Crippen molar-refractivity contribution in [3.63, 3.8) is 0 Å². The van der Waals surface area contributed by atoms with Gasteiger partial charge in [0.1, 0.15) is 0 Å². The number of aromatic nitrogens is 3. The van der Waals surface area contributed by atoms with Crippen LogP contribution in [-0.2, 0) is 0 Å². The molecule has 27 heavy (non-hydrogen) atoms. The molecule has 3 heterocycles. The van der Waals surface area contributed by atoms with Crippen molar-refractivity contribution in [1.82, 2.24) is 14.8 Å². The zero-order valence-electron chi connectivity index (χ0n) is 15.1. The molecule has 0 bridgehead atoms.